The van der Waals surface area contributed by atoms with E-state index >= 15 is 0 Å². The van der Waals surface area contributed by atoms with Gasteiger partial charge in [0.25, 0.3) is 5.91 Å². The minimum absolute atomic E-state index is 0.00258. The lowest BCUT2D eigenvalue weighted by molar-refractivity contribution is -0.137. The molecule has 5 rings (SSSR count). The number of benzene rings is 2. The summed E-state index contributed by atoms with van der Waals surface area (Å²) in [5.74, 6) is -1.35. The summed E-state index contributed by atoms with van der Waals surface area (Å²) in [7, 11) is 0. The molecule has 3 aromatic rings. The highest BCUT2D eigenvalue weighted by molar-refractivity contribution is 6.10. The lowest BCUT2D eigenvalue weighted by Crippen LogP contribution is -2.37. The number of amides is 1. The van der Waals surface area contributed by atoms with Crippen LogP contribution in [0.15, 0.2) is 102 Å². The second kappa shape index (κ2) is 9.69. The predicted octanol–water partition coefficient (Wildman–Crippen LogP) is 6.10. The first kappa shape index (κ1) is 24.5. The molecule has 0 radical (unpaired) electrons. The van der Waals surface area contributed by atoms with Gasteiger partial charge in [-0.2, -0.15) is 13.2 Å². The van der Waals surface area contributed by atoms with Crippen molar-refractivity contribution in [2.24, 2.45) is 0 Å². The third-order valence-electron chi connectivity index (χ3n) is 6.81. The Balaban J connectivity index is 1.52. The lowest BCUT2D eigenvalue weighted by atomic mass is 9.72. The van der Waals surface area contributed by atoms with E-state index in [-0.39, 0.29) is 23.0 Å². The number of nitrogens with one attached hydrogen (secondary N) is 2. The normalized spacial score (nSPS) is 19.8. The average Bonchev–Trinajstić information content (AvgIpc) is 2.88. The van der Waals surface area contributed by atoms with Crippen molar-refractivity contribution in [1.29, 1.82) is 0 Å². The Morgan fingerprint density at radius 1 is 1.00 bits per heavy atom. The van der Waals surface area contributed by atoms with E-state index in [0.29, 0.717) is 29.7 Å². The minimum Gasteiger partial charge on any atom is -0.362 e. The highest BCUT2D eigenvalue weighted by Gasteiger charge is 2.41. The van der Waals surface area contributed by atoms with Crippen LogP contribution in [0.25, 0.3) is 0 Å². The fourth-order valence-electron chi connectivity index (χ4n) is 5.15. The smallest absolute Gasteiger partial charge is 0.362 e. The third kappa shape index (κ3) is 4.91. The molecule has 0 spiro atoms. The molecule has 1 aliphatic carbocycles. The largest absolute Gasteiger partial charge is 0.416 e. The summed E-state index contributed by atoms with van der Waals surface area (Å²) in [6, 6.07) is 17.8. The average molecular weight is 504 g/mol. The van der Waals surface area contributed by atoms with Gasteiger partial charge in [0.05, 0.1) is 5.56 Å². The molecule has 0 fully saturated rings. The molecule has 1 aromatic heterocycles. The van der Waals surface area contributed by atoms with Gasteiger partial charge in [0.2, 0.25) is 0 Å². The third-order valence-corrected chi connectivity index (χ3v) is 6.81. The number of carbonyl (C=O) groups is 2. The number of allylic oxidation sites excluding steroid dienone is 3. The second-order valence-corrected chi connectivity index (χ2v) is 9.25. The molecular weight excluding hydrogens is 479 g/mol. The van der Waals surface area contributed by atoms with Crippen molar-refractivity contribution in [2.45, 2.75) is 37.8 Å². The zero-order chi connectivity index (χ0) is 26.2. The van der Waals surface area contributed by atoms with Gasteiger partial charge < -0.3 is 10.6 Å². The number of pyridine rings is 1. The number of nitrogens with zero attached hydrogens (tertiary/aromatic N) is 1. The number of halogens is 3. The zero-order valence-electron chi connectivity index (χ0n) is 20.0. The number of Topliss-reactive ketones (excluding diaryl/α,β-unsaturated/α-hetero) is 1. The maximum atomic E-state index is 13.6. The number of rotatable bonds is 4. The fraction of sp³-hybridized carbons (Fsp3) is 0.207. The van der Waals surface area contributed by atoms with Crippen LogP contribution in [0.4, 0.5) is 18.9 Å². The molecule has 5 nitrogen and oxygen atoms in total. The highest BCUT2D eigenvalue weighted by Crippen LogP contribution is 2.45. The monoisotopic (exact) mass is 503 g/mol. The topological polar surface area (TPSA) is 71.1 Å². The molecule has 0 bridgehead atoms. The first-order valence-electron chi connectivity index (χ1n) is 11.9. The van der Waals surface area contributed by atoms with E-state index < -0.39 is 23.6 Å². The van der Waals surface area contributed by atoms with Crippen LogP contribution in [-0.4, -0.2) is 16.7 Å². The van der Waals surface area contributed by atoms with Gasteiger partial charge in [-0.25, -0.2) is 0 Å². The van der Waals surface area contributed by atoms with E-state index in [0.717, 1.165) is 23.4 Å². The number of aromatic nitrogens is 1. The Bertz CT molecular complexity index is 1410. The number of alkyl halides is 3. The summed E-state index contributed by atoms with van der Waals surface area (Å²) in [5.41, 5.74) is 2.96. The first-order chi connectivity index (χ1) is 17.7. The van der Waals surface area contributed by atoms with Gasteiger partial charge >= 0.3 is 6.18 Å². The van der Waals surface area contributed by atoms with Crippen molar-refractivity contribution < 1.29 is 22.8 Å². The molecule has 2 atom stereocenters. The van der Waals surface area contributed by atoms with Crippen LogP contribution in [-0.2, 0) is 15.8 Å². The van der Waals surface area contributed by atoms with Gasteiger partial charge in [0, 0.05) is 53.0 Å². The first-order valence-corrected chi connectivity index (χ1v) is 11.9. The molecule has 0 saturated carbocycles. The van der Waals surface area contributed by atoms with Crippen LogP contribution < -0.4 is 10.6 Å². The number of anilines is 1. The minimum atomic E-state index is -4.54. The molecular formula is C29H24F3N3O2. The Morgan fingerprint density at radius 3 is 2.46 bits per heavy atom. The second-order valence-electron chi connectivity index (χ2n) is 9.25. The van der Waals surface area contributed by atoms with Crippen molar-refractivity contribution in [3.63, 3.8) is 0 Å². The van der Waals surface area contributed by atoms with Crippen LogP contribution >= 0.6 is 0 Å². The van der Waals surface area contributed by atoms with Crippen LogP contribution in [0.2, 0.25) is 0 Å². The van der Waals surface area contributed by atoms with Crippen molar-refractivity contribution in [1.82, 2.24) is 10.3 Å². The van der Waals surface area contributed by atoms with Crippen LogP contribution in [0.5, 0.6) is 0 Å². The van der Waals surface area contributed by atoms with Gasteiger partial charge in [0.15, 0.2) is 5.78 Å². The van der Waals surface area contributed by atoms with Gasteiger partial charge in [-0.05, 0) is 54.7 Å². The Labute approximate surface area is 212 Å². The molecule has 2 N–H and O–H groups in total. The van der Waals surface area contributed by atoms with Gasteiger partial charge in [-0.3, -0.25) is 14.6 Å². The number of carbonyl (C=O) groups excluding carboxylic acids is 2. The fourth-order valence-corrected chi connectivity index (χ4v) is 5.15. The number of ketones is 1. The molecule has 188 valence electrons. The van der Waals surface area contributed by atoms with E-state index in [2.05, 4.69) is 15.6 Å². The van der Waals surface area contributed by atoms with Crippen molar-refractivity contribution in [2.75, 3.05) is 5.32 Å². The van der Waals surface area contributed by atoms with Crippen molar-refractivity contribution in [3.8, 4) is 0 Å². The van der Waals surface area contributed by atoms with Crippen LogP contribution in [0, 0.1) is 0 Å². The molecule has 2 aromatic carbocycles. The number of dihydropyridines is 1. The SMILES string of the molecule is CC1=C(C(=O)Nc2cccc(C(F)(F)F)c2)[C@@H](c2cccnc2)C2=C(C[C@H](c3ccccc3)CC2=O)N1. The number of hydrogen-bond donors (Lipinski definition) is 2. The lowest BCUT2D eigenvalue weighted by Gasteiger charge is -2.37. The number of hydrogen-bond acceptors (Lipinski definition) is 4. The Hall–Kier alpha value is -4.20. The summed E-state index contributed by atoms with van der Waals surface area (Å²) >= 11 is 0. The molecule has 0 unspecified atom stereocenters. The van der Waals surface area contributed by atoms with Crippen LogP contribution in [0.1, 0.15) is 48.3 Å². The summed E-state index contributed by atoms with van der Waals surface area (Å²) in [5, 5.41) is 5.89. The van der Waals surface area contributed by atoms with Crippen LogP contribution in [0.3, 0.4) is 0 Å². The Kier molecular flexibility index (Phi) is 6.41. The van der Waals surface area contributed by atoms with E-state index in [1.165, 1.54) is 12.1 Å². The van der Waals surface area contributed by atoms with Gasteiger partial charge in [0.1, 0.15) is 0 Å². The highest BCUT2D eigenvalue weighted by atomic mass is 19.4. The van der Waals surface area contributed by atoms with Gasteiger partial charge in [-0.15, -0.1) is 0 Å². The summed E-state index contributed by atoms with van der Waals surface area (Å²) in [6.07, 6.45) is -0.427. The maximum absolute atomic E-state index is 13.6. The molecule has 0 saturated heterocycles. The summed E-state index contributed by atoms with van der Waals surface area (Å²) in [4.78, 5) is 31.3. The molecule has 1 aliphatic heterocycles. The molecule has 8 heteroatoms. The van der Waals surface area contributed by atoms with Crippen molar-refractivity contribution in [3.05, 3.63) is 118 Å². The summed E-state index contributed by atoms with van der Waals surface area (Å²) < 4.78 is 39.6. The van der Waals surface area contributed by atoms with Crippen molar-refractivity contribution >= 4 is 17.4 Å². The molecule has 1 amide bonds. The van der Waals surface area contributed by atoms with E-state index in [9.17, 15) is 22.8 Å². The molecule has 2 heterocycles. The quantitative estimate of drug-likeness (QED) is 0.451. The zero-order valence-corrected chi connectivity index (χ0v) is 20.0. The molecule has 2 aliphatic rings. The molecule has 37 heavy (non-hydrogen) atoms. The Morgan fingerprint density at radius 2 is 1.76 bits per heavy atom. The summed E-state index contributed by atoms with van der Waals surface area (Å²) in [6.45, 7) is 1.74. The van der Waals surface area contributed by atoms with E-state index in [4.69, 9.17) is 0 Å². The maximum Gasteiger partial charge on any atom is 0.416 e. The van der Waals surface area contributed by atoms with E-state index in [1.807, 2.05) is 30.3 Å². The standard InChI is InChI=1S/C29H24F3N3O2/c1-17-25(28(37)35-22-11-5-10-21(15-22)29(30,31)32)26(19-9-6-12-33-16-19)27-23(34-17)13-20(14-24(27)36)18-7-3-2-4-8-18/h2-12,15-16,20,26,34H,13-14H2,1H3,(H,35,37)/t20-,26+/m0/s1. The van der Waals surface area contributed by atoms with E-state index in [1.54, 1.807) is 31.5 Å². The predicted molar refractivity (Wildman–Crippen MR) is 133 cm³/mol. The van der Waals surface area contributed by atoms with Gasteiger partial charge in [-0.1, -0.05) is 42.5 Å².